The molecule has 0 aliphatic heterocycles. The zero-order valence-corrected chi connectivity index (χ0v) is 9.85. The van der Waals surface area contributed by atoms with E-state index < -0.39 is 0 Å². The number of fused-ring (bicyclic) bond motifs is 1. The Hall–Kier alpha value is -0.630. The van der Waals surface area contributed by atoms with E-state index in [1.165, 1.54) is 50.6 Å². The van der Waals surface area contributed by atoms with E-state index in [9.17, 15) is 0 Å². The molecule has 0 spiro atoms. The van der Waals surface area contributed by atoms with Gasteiger partial charge in [-0.25, -0.2) is 4.98 Å². The Kier molecular flexibility index (Phi) is 2.61. The van der Waals surface area contributed by atoms with Crippen molar-refractivity contribution in [2.75, 3.05) is 0 Å². The molecule has 2 heteroatoms. The van der Waals surface area contributed by atoms with Gasteiger partial charge in [0.2, 0.25) is 0 Å². The topological polar surface area (TPSA) is 12.9 Å². The standard InChI is InChI=1S/C13H17NS/c1-2-5-10(6-3-1)11-7-4-8-12-13(11)14-9-15-12/h5,9,11H,1-4,6-8H2. The third kappa shape index (κ3) is 1.76. The maximum atomic E-state index is 4.59. The minimum Gasteiger partial charge on any atom is -0.249 e. The highest BCUT2D eigenvalue weighted by Gasteiger charge is 2.26. The number of rotatable bonds is 1. The highest BCUT2D eigenvalue weighted by molar-refractivity contribution is 7.09. The predicted octanol–water partition coefficient (Wildman–Crippen LogP) is 4.06. The van der Waals surface area contributed by atoms with Gasteiger partial charge in [-0.15, -0.1) is 11.3 Å². The van der Waals surface area contributed by atoms with Crippen LogP contribution in [-0.4, -0.2) is 4.98 Å². The average molecular weight is 219 g/mol. The fraction of sp³-hybridized carbons (Fsp3) is 0.615. The monoisotopic (exact) mass is 219 g/mol. The van der Waals surface area contributed by atoms with Gasteiger partial charge in [0.25, 0.3) is 0 Å². The van der Waals surface area contributed by atoms with Gasteiger partial charge >= 0.3 is 0 Å². The molecular formula is C13H17NS. The van der Waals surface area contributed by atoms with Gasteiger partial charge in [-0.3, -0.25) is 0 Å². The van der Waals surface area contributed by atoms with Crippen LogP contribution < -0.4 is 0 Å². The van der Waals surface area contributed by atoms with Gasteiger partial charge in [-0.1, -0.05) is 11.6 Å². The molecule has 0 fully saturated rings. The van der Waals surface area contributed by atoms with E-state index in [1.54, 1.807) is 10.5 Å². The Labute approximate surface area is 95.2 Å². The van der Waals surface area contributed by atoms with Crippen molar-refractivity contribution in [2.45, 2.75) is 50.9 Å². The molecule has 1 nitrogen and oxygen atoms in total. The molecule has 0 amide bonds. The lowest BCUT2D eigenvalue weighted by molar-refractivity contribution is 0.557. The van der Waals surface area contributed by atoms with Crippen LogP contribution in [0.15, 0.2) is 17.2 Å². The summed E-state index contributed by atoms with van der Waals surface area (Å²) in [5, 5.41) is 0. The van der Waals surface area contributed by atoms with Gasteiger partial charge in [-0.2, -0.15) is 0 Å². The average Bonchev–Trinajstić information content (AvgIpc) is 2.78. The molecule has 2 aliphatic rings. The first-order chi connectivity index (χ1) is 7.45. The number of allylic oxidation sites excluding steroid dienone is 2. The zero-order chi connectivity index (χ0) is 10.1. The largest absolute Gasteiger partial charge is 0.249 e. The van der Waals surface area contributed by atoms with E-state index in [0.29, 0.717) is 5.92 Å². The fourth-order valence-corrected chi connectivity index (χ4v) is 3.77. The molecule has 1 aromatic heterocycles. The SMILES string of the molecule is C1=C(C2CCCc3scnc32)CCCC1. The Balaban J connectivity index is 1.92. The van der Waals surface area contributed by atoms with Crippen LogP contribution in [0.2, 0.25) is 0 Å². The van der Waals surface area contributed by atoms with Crippen molar-refractivity contribution in [3.63, 3.8) is 0 Å². The van der Waals surface area contributed by atoms with Gasteiger partial charge in [0, 0.05) is 10.8 Å². The molecule has 15 heavy (non-hydrogen) atoms. The van der Waals surface area contributed by atoms with Crippen molar-refractivity contribution < 1.29 is 0 Å². The molecule has 3 rings (SSSR count). The van der Waals surface area contributed by atoms with Crippen molar-refractivity contribution in [2.24, 2.45) is 0 Å². The number of hydrogen-bond donors (Lipinski definition) is 0. The van der Waals surface area contributed by atoms with Crippen LogP contribution in [0.3, 0.4) is 0 Å². The van der Waals surface area contributed by atoms with E-state index in [1.807, 2.05) is 16.8 Å². The van der Waals surface area contributed by atoms with Gasteiger partial charge < -0.3 is 0 Å². The Morgan fingerprint density at radius 3 is 3.07 bits per heavy atom. The van der Waals surface area contributed by atoms with Crippen molar-refractivity contribution in [1.29, 1.82) is 0 Å². The summed E-state index contributed by atoms with van der Waals surface area (Å²) in [5.74, 6) is 0.681. The Morgan fingerprint density at radius 2 is 2.20 bits per heavy atom. The maximum absolute atomic E-state index is 4.59. The number of nitrogens with zero attached hydrogens (tertiary/aromatic N) is 1. The molecule has 1 atom stereocenters. The van der Waals surface area contributed by atoms with Crippen molar-refractivity contribution >= 4 is 11.3 Å². The van der Waals surface area contributed by atoms with Crippen LogP contribution in [0.4, 0.5) is 0 Å². The van der Waals surface area contributed by atoms with E-state index >= 15 is 0 Å². The molecule has 1 unspecified atom stereocenters. The van der Waals surface area contributed by atoms with Crippen LogP contribution in [-0.2, 0) is 6.42 Å². The number of aryl methyl sites for hydroxylation is 1. The van der Waals surface area contributed by atoms with Gasteiger partial charge in [-0.05, 0) is 44.9 Å². The Bertz CT molecular complexity index is 378. The third-order valence-electron chi connectivity index (χ3n) is 3.67. The third-order valence-corrected chi connectivity index (χ3v) is 4.58. The van der Waals surface area contributed by atoms with Crippen molar-refractivity contribution in [3.8, 4) is 0 Å². The van der Waals surface area contributed by atoms with Crippen molar-refractivity contribution in [3.05, 3.63) is 27.7 Å². The molecule has 1 aromatic rings. The van der Waals surface area contributed by atoms with E-state index in [-0.39, 0.29) is 0 Å². The van der Waals surface area contributed by atoms with Crippen LogP contribution in [0.25, 0.3) is 0 Å². The lowest BCUT2D eigenvalue weighted by Crippen LogP contribution is -2.12. The smallest absolute Gasteiger partial charge is 0.0797 e. The molecular weight excluding hydrogens is 202 g/mol. The second-order valence-electron chi connectivity index (χ2n) is 4.63. The first kappa shape index (κ1) is 9.59. The second-order valence-corrected chi connectivity index (χ2v) is 5.57. The number of aromatic nitrogens is 1. The molecule has 0 saturated heterocycles. The molecule has 0 saturated carbocycles. The summed E-state index contributed by atoms with van der Waals surface area (Å²) in [4.78, 5) is 6.14. The minimum absolute atomic E-state index is 0.681. The fourth-order valence-electron chi connectivity index (χ4n) is 2.89. The first-order valence-electron chi connectivity index (χ1n) is 6.06. The van der Waals surface area contributed by atoms with E-state index in [2.05, 4.69) is 11.1 Å². The molecule has 0 bridgehead atoms. The highest BCUT2D eigenvalue weighted by Crippen LogP contribution is 2.40. The van der Waals surface area contributed by atoms with Crippen LogP contribution >= 0.6 is 11.3 Å². The van der Waals surface area contributed by atoms with Gasteiger partial charge in [0.15, 0.2) is 0 Å². The summed E-state index contributed by atoms with van der Waals surface area (Å²) in [6.07, 6.45) is 11.8. The van der Waals surface area contributed by atoms with Crippen LogP contribution in [0, 0.1) is 0 Å². The summed E-state index contributed by atoms with van der Waals surface area (Å²) in [6, 6.07) is 0. The first-order valence-corrected chi connectivity index (χ1v) is 6.94. The summed E-state index contributed by atoms with van der Waals surface area (Å²) in [7, 11) is 0. The van der Waals surface area contributed by atoms with Crippen molar-refractivity contribution in [1.82, 2.24) is 4.98 Å². The highest BCUT2D eigenvalue weighted by atomic mass is 32.1. The molecule has 2 aliphatic carbocycles. The lowest BCUT2D eigenvalue weighted by Gasteiger charge is -2.26. The Morgan fingerprint density at radius 1 is 1.20 bits per heavy atom. The van der Waals surface area contributed by atoms with E-state index in [0.717, 1.165) is 0 Å². The summed E-state index contributed by atoms with van der Waals surface area (Å²) in [6.45, 7) is 0. The molecule has 0 N–H and O–H groups in total. The molecule has 80 valence electrons. The van der Waals surface area contributed by atoms with Gasteiger partial charge in [0.1, 0.15) is 0 Å². The molecule has 0 radical (unpaired) electrons. The second kappa shape index (κ2) is 4.09. The quantitative estimate of drug-likeness (QED) is 0.649. The molecule has 0 aromatic carbocycles. The number of hydrogen-bond acceptors (Lipinski definition) is 2. The zero-order valence-electron chi connectivity index (χ0n) is 9.04. The number of thiazole rings is 1. The van der Waals surface area contributed by atoms with E-state index in [4.69, 9.17) is 0 Å². The lowest BCUT2D eigenvalue weighted by atomic mass is 9.81. The maximum Gasteiger partial charge on any atom is 0.0797 e. The summed E-state index contributed by atoms with van der Waals surface area (Å²) < 4.78 is 0. The van der Waals surface area contributed by atoms with Crippen LogP contribution in [0.1, 0.15) is 55.0 Å². The normalized spacial score (nSPS) is 25.9. The van der Waals surface area contributed by atoms with Crippen LogP contribution in [0.5, 0.6) is 0 Å². The predicted molar refractivity (Wildman–Crippen MR) is 64.3 cm³/mol. The molecule has 1 heterocycles. The van der Waals surface area contributed by atoms with Gasteiger partial charge in [0.05, 0.1) is 11.2 Å². The summed E-state index contributed by atoms with van der Waals surface area (Å²) in [5.41, 5.74) is 5.14. The minimum atomic E-state index is 0.681. The summed E-state index contributed by atoms with van der Waals surface area (Å²) >= 11 is 1.85.